The Kier molecular flexibility index (Phi) is 8.26. The Hall–Kier alpha value is -3.59. The van der Waals surface area contributed by atoms with Gasteiger partial charge in [-0.25, -0.2) is 22.1 Å². The van der Waals surface area contributed by atoms with Crippen molar-refractivity contribution in [2.24, 2.45) is 0 Å². The van der Waals surface area contributed by atoms with E-state index in [1.54, 1.807) is 12.1 Å². The summed E-state index contributed by atoms with van der Waals surface area (Å²) >= 11 is 0. The van der Waals surface area contributed by atoms with Gasteiger partial charge in [0.2, 0.25) is 10.0 Å². The molecule has 0 radical (unpaired) electrons. The number of likely N-dealkylation sites (tertiary alicyclic amines) is 1. The summed E-state index contributed by atoms with van der Waals surface area (Å²) < 4.78 is 47.9. The number of alkyl halides is 1. The van der Waals surface area contributed by atoms with Crippen molar-refractivity contribution in [1.82, 2.24) is 18.6 Å². The van der Waals surface area contributed by atoms with Crippen LogP contribution >= 0.6 is 0 Å². The molecule has 38 heavy (non-hydrogen) atoms. The lowest BCUT2D eigenvalue weighted by atomic mass is 10.0. The van der Waals surface area contributed by atoms with Crippen LogP contribution in [0, 0.1) is 11.8 Å². The molecule has 0 saturated carbocycles. The minimum atomic E-state index is -3.58. The number of nitrogens with one attached hydrogen (secondary N) is 2. The normalized spacial score (nSPS) is 18.2. The SMILES string of the molecule is C=Cc1c(C#CCNc2ccc(S(=O)(=O)N(C)C)cc2OC)nc2c(N[C@@H]3CCN(C)C[C@@H]3F)cccn12. The number of sulfonamides is 1. The lowest BCUT2D eigenvalue weighted by Crippen LogP contribution is -2.46. The second-order valence-corrected chi connectivity index (χ2v) is 11.4. The standard InChI is InChI=1S/C27H33FN6O3S/c1-6-25-22(9-7-14-29-23-12-11-19(17-26(23)37-5)38(35,36)32(2)3)31-27-24(10-8-15-34(25)27)30-21-13-16-33(4)18-20(21)28/h6,8,10-12,15,17,20-21,29-30H,1,13-14,16,18H2,2-5H3/t20-,21+/m0/s1. The van der Waals surface area contributed by atoms with Gasteiger partial charge in [-0.3, -0.25) is 4.40 Å². The van der Waals surface area contributed by atoms with Gasteiger partial charge in [0, 0.05) is 39.4 Å². The van der Waals surface area contributed by atoms with Crippen LogP contribution in [-0.2, 0) is 10.0 Å². The highest BCUT2D eigenvalue weighted by molar-refractivity contribution is 7.89. The van der Waals surface area contributed by atoms with E-state index in [0.29, 0.717) is 35.7 Å². The minimum absolute atomic E-state index is 0.139. The molecule has 2 atom stereocenters. The average molecular weight is 541 g/mol. The Balaban J connectivity index is 1.53. The quantitative estimate of drug-likeness (QED) is 0.424. The van der Waals surface area contributed by atoms with Crippen molar-refractivity contribution >= 4 is 33.1 Å². The largest absolute Gasteiger partial charge is 0.495 e. The molecule has 11 heteroatoms. The molecule has 0 unspecified atom stereocenters. The summed E-state index contributed by atoms with van der Waals surface area (Å²) in [6.45, 7) is 5.42. The number of hydrogen-bond donors (Lipinski definition) is 2. The molecule has 1 saturated heterocycles. The number of ether oxygens (including phenoxy) is 1. The fourth-order valence-corrected chi connectivity index (χ4v) is 5.28. The highest BCUT2D eigenvalue weighted by Crippen LogP contribution is 2.28. The first kappa shape index (κ1) is 27.4. The summed E-state index contributed by atoms with van der Waals surface area (Å²) in [6.07, 6.45) is 3.31. The Morgan fingerprint density at radius 1 is 1.32 bits per heavy atom. The van der Waals surface area contributed by atoms with E-state index in [1.807, 2.05) is 34.7 Å². The number of benzene rings is 1. The maximum Gasteiger partial charge on any atom is 0.242 e. The number of fused-ring (bicyclic) bond motifs is 1. The van der Waals surface area contributed by atoms with E-state index in [1.165, 1.54) is 33.3 Å². The molecule has 3 aromatic rings. The van der Waals surface area contributed by atoms with Crippen LogP contribution in [0.3, 0.4) is 0 Å². The van der Waals surface area contributed by atoms with Crippen molar-refractivity contribution in [2.75, 3.05) is 58.5 Å². The Labute approximate surface area is 223 Å². The van der Waals surface area contributed by atoms with E-state index < -0.39 is 16.2 Å². The van der Waals surface area contributed by atoms with Gasteiger partial charge in [0.25, 0.3) is 0 Å². The van der Waals surface area contributed by atoms with Crippen LogP contribution in [0.4, 0.5) is 15.8 Å². The van der Waals surface area contributed by atoms with Crippen LogP contribution in [0.1, 0.15) is 17.8 Å². The predicted molar refractivity (Wildman–Crippen MR) is 149 cm³/mol. The first-order valence-electron chi connectivity index (χ1n) is 12.2. The van der Waals surface area contributed by atoms with Crippen LogP contribution in [0.25, 0.3) is 11.7 Å². The van der Waals surface area contributed by atoms with Gasteiger partial charge in [-0.2, -0.15) is 0 Å². The van der Waals surface area contributed by atoms with E-state index in [9.17, 15) is 12.8 Å². The number of aromatic nitrogens is 2. The third kappa shape index (κ3) is 5.62. The van der Waals surface area contributed by atoms with E-state index in [2.05, 4.69) is 29.1 Å². The number of pyridine rings is 1. The summed E-state index contributed by atoms with van der Waals surface area (Å²) in [6, 6.07) is 8.14. The van der Waals surface area contributed by atoms with Gasteiger partial charge in [-0.1, -0.05) is 12.5 Å². The van der Waals surface area contributed by atoms with E-state index in [0.717, 1.165) is 22.2 Å². The van der Waals surface area contributed by atoms with Crippen molar-refractivity contribution in [1.29, 1.82) is 0 Å². The second kappa shape index (κ2) is 11.4. The topological polar surface area (TPSA) is 91.2 Å². The molecule has 1 aromatic carbocycles. The Morgan fingerprint density at radius 3 is 2.79 bits per heavy atom. The first-order valence-corrected chi connectivity index (χ1v) is 13.7. The Bertz CT molecular complexity index is 1490. The zero-order valence-electron chi connectivity index (χ0n) is 22.0. The molecule has 202 valence electrons. The fourth-order valence-electron chi connectivity index (χ4n) is 4.36. The number of imidazole rings is 1. The summed E-state index contributed by atoms with van der Waals surface area (Å²) in [4.78, 5) is 6.85. The van der Waals surface area contributed by atoms with Crippen molar-refractivity contribution in [3.05, 3.63) is 54.5 Å². The number of methoxy groups -OCH3 is 1. The molecule has 0 spiro atoms. The maximum atomic E-state index is 14.6. The predicted octanol–water partition coefficient (Wildman–Crippen LogP) is 3.15. The number of rotatable bonds is 8. The molecule has 4 rings (SSSR count). The lowest BCUT2D eigenvalue weighted by Gasteiger charge is -2.33. The van der Waals surface area contributed by atoms with Crippen molar-refractivity contribution in [3.63, 3.8) is 0 Å². The van der Waals surface area contributed by atoms with Crippen LogP contribution < -0.4 is 15.4 Å². The smallest absolute Gasteiger partial charge is 0.242 e. The van der Waals surface area contributed by atoms with E-state index in [4.69, 9.17) is 9.72 Å². The molecule has 0 aliphatic carbocycles. The Morgan fingerprint density at radius 2 is 2.11 bits per heavy atom. The molecule has 2 aromatic heterocycles. The third-order valence-electron chi connectivity index (χ3n) is 6.49. The number of halogens is 1. The van der Waals surface area contributed by atoms with Gasteiger partial charge in [-0.15, -0.1) is 0 Å². The zero-order valence-corrected chi connectivity index (χ0v) is 22.8. The molecule has 9 nitrogen and oxygen atoms in total. The maximum absolute atomic E-state index is 14.6. The van der Waals surface area contributed by atoms with Crippen LogP contribution in [0.2, 0.25) is 0 Å². The van der Waals surface area contributed by atoms with E-state index >= 15 is 0 Å². The number of anilines is 2. The molecule has 0 bridgehead atoms. The molecule has 2 N–H and O–H groups in total. The molecular weight excluding hydrogens is 507 g/mol. The summed E-state index contributed by atoms with van der Waals surface area (Å²) in [7, 11) is 2.78. The minimum Gasteiger partial charge on any atom is -0.495 e. The van der Waals surface area contributed by atoms with Gasteiger partial charge in [0.15, 0.2) is 5.65 Å². The number of nitrogens with zero attached hydrogens (tertiary/aromatic N) is 4. The highest BCUT2D eigenvalue weighted by Gasteiger charge is 2.28. The highest BCUT2D eigenvalue weighted by atomic mass is 32.2. The second-order valence-electron chi connectivity index (χ2n) is 9.29. The molecule has 1 aliphatic heterocycles. The summed E-state index contributed by atoms with van der Waals surface area (Å²) in [5.41, 5.74) is 3.31. The molecule has 3 heterocycles. The van der Waals surface area contributed by atoms with Gasteiger partial charge in [0.05, 0.1) is 41.7 Å². The van der Waals surface area contributed by atoms with Gasteiger partial charge >= 0.3 is 0 Å². The summed E-state index contributed by atoms with van der Waals surface area (Å²) in [5.74, 6) is 6.54. The number of hydrogen-bond acceptors (Lipinski definition) is 7. The van der Waals surface area contributed by atoms with E-state index in [-0.39, 0.29) is 17.5 Å². The van der Waals surface area contributed by atoms with Gasteiger partial charge < -0.3 is 20.3 Å². The van der Waals surface area contributed by atoms with Crippen molar-refractivity contribution < 1.29 is 17.5 Å². The summed E-state index contributed by atoms with van der Waals surface area (Å²) in [5, 5.41) is 6.50. The fraction of sp³-hybridized carbons (Fsp3) is 0.370. The zero-order chi connectivity index (χ0) is 27.4. The lowest BCUT2D eigenvalue weighted by molar-refractivity contribution is 0.149. The molecular formula is C27H33FN6O3S. The van der Waals surface area contributed by atoms with Crippen LogP contribution in [0.15, 0.2) is 48.0 Å². The van der Waals surface area contributed by atoms with Crippen LogP contribution in [0.5, 0.6) is 5.75 Å². The van der Waals surface area contributed by atoms with Gasteiger partial charge in [0.1, 0.15) is 17.6 Å². The average Bonchev–Trinajstić information content (AvgIpc) is 3.26. The molecule has 1 aliphatic rings. The number of piperidine rings is 1. The van der Waals surface area contributed by atoms with Gasteiger partial charge in [-0.05, 0) is 49.7 Å². The molecule has 0 amide bonds. The molecule has 1 fully saturated rings. The first-order chi connectivity index (χ1) is 18.1. The monoisotopic (exact) mass is 540 g/mol. The van der Waals surface area contributed by atoms with Crippen molar-refractivity contribution in [3.8, 4) is 17.6 Å². The third-order valence-corrected chi connectivity index (χ3v) is 8.30. The van der Waals surface area contributed by atoms with Crippen molar-refractivity contribution in [2.45, 2.75) is 23.5 Å². The van der Waals surface area contributed by atoms with Crippen LogP contribution in [-0.4, -0.2) is 87.1 Å².